The fourth-order valence-corrected chi connectivity index (χ4v) is 1.56. The number of hydrogen-bond acceptors (Lipinski definition) is 5. The van der Waals surface area contributed by atoms with E-state index in [0.717, 1.165) is 19.4 Å². The van der Waals surface area contributed by atoms with Crippen molar-refractivity contribution in [3.8, 4) is 0 Å². The number of aromatic nitrogens is 2. The molecule has 0 radical (unpaired) electrons. The van der Waals surface area contributed by atoms with Gasteiger partial charge in [-0.25, -0.2) is 0 Å². The summed E-state index contributed by atoms with van der Waals surface area (Å²) in [7, 11) is 0. The first-order valence-electron chi connectivity index (χ1n) is 4.49. The van der Waals surface area contributed by atoms with Gasteiger partial charge in [-0.05, 0) is 19.4 Å². The van der Waals surface area contributed by atoms with E-state index in [4.69, 9.17) is 4.42 Å². The fourth-order valence-electron chi connectivity index (χ4n) is 1.56. The molecule has 5 heteroatoms. The first-order valence-corrected chi connectivity index (χ1v) is 4.49. The standard InChI is InChI=1S/C8H13N3O2/c1-5-10-11-8(13-5)7-6(12)3-2-4-9-7/h6-7,9,12H,2-4H2,1H3. The topological polar surface area (TPSA) is 71.2 Å². The van der Waals surface area contributed by atoms with E-state index < -0.39 is 6.10 Å². The number of rotatable bonds is 1. The average Bonchev–Trinajstić information content (AvgIpc) is 2.53. The summed E-state index contributed by atoms with van der Waals surface area (Å²) < 4.78 is 5.25. The monoisotopic (exact) mass is 183 g/mol. The van der Waals surface area contributed by atoms with Crippen LogP contribution in [0.5, 0.6) is 0 Å². The van der Waals surface area contributed by atoms with Gasteiger partial charge in [-0.15, -0.1) is 10.2 Å². The largest absolute Gasteiger partial charge is 0.424 e. The van der Waals surface area contributed by atoms with Gasteiger partial charge in [0.05, 0.1) is 6.10 Å². The number of aliphatic hydroxyl groups excluding tert-OH is 1. The zero-order valence-corrected chi connectivity index (χ0v) is 7.53. The van der Waals surface area contributed by atoms with Gasteiger partial charge in [0.2, 0.25) is 11.8 Å². The van der Waals surface area contributed by atoms with E-state index in [1.807, 2.05) is 0 Å². The summed E-state index contributed by atoms with van der Waals surface area (Å²) >= 11 is 0. The lowest BCUT2D eigenvalue weighted by molar-refractivity contribution is 0.0835. The number of aryl methyl sites for hydroxylation is 1. The molecule has 2 N–H and O–H groups in total. The molecular formula is C8H13N3O2. The van der Waals surface area contributed by atoms with Gasteiger partial charge in [0.15, 0.2) is 0 Å². The SMILES string of the molecule is Cc1nnc(C2NCCCC2O)o1. The molecule has 2 atom stereocenters. The van der Waals surface area contributed by atoms with Crippen molar-refractivity contribution in [1.82, 2.24) is 15.5 Å². The first-order chi connectivity index (χ1) is 6.27. The minimum Gasteiger partial charge on any atom is -0.424 e. The van der Waals surface area contributed by atoms with E-state index in [2.05, 4.69) is 15.5 Å². The summed E-state index contributed by atoms with van der Waals surface area (Å²) in [5.41, 5.74) is 0. The van der Waals surface area contributed by atoms with Crippen LogP contribution in [0.3, 0.4) is 0 Å². The quantitative estimate of drug-likeness (QED) is 0.649. The highest BCUT2D eigenvalue weighted by Crippen LogP contribution is 2.21. The summed E-state index contributed by atoms with van der Waals surface area (Å²) in [5.74, 6) is 1.03. The lowest BCUT2D eigenvalue weighted by Crippen LogP contribution is -2.37. The van der Waals surface area contributed by atoms with Gasteiger partial charge >= 0.3 is 0 Å². The van der Waals surface area contributed by atoms with E-state index in [0.29, 0.717) is 11.8 Å². The summed E-state index contributed by atoms with van der Waals surface area (Å²) in [5, 5.41) is 20.4. The van der Waals surface area contributed by atoms with Crippen molar-refractivity contribution in [2.24, 2.45) is 0 Å². The molecule has 1 aliphatic heterocycles. The molecule has 0 saturated carbocycles. The van der Waals surface area contributed by atoms with Gasteiger partial charge in [-0.1, -0.05) is 0 Å². The zero-order valence-electron chi connectivity index (χ0n) is 7.53. The van der Waals surface area contributed by atoms with Crippen molar-refractivity contribution in [2.45, 2.75) is 31.9 Å². The third-order valence-corrected chi connectivity index (χ3v) is 2.23. The smallest absolute Gasteiger partial charge is 0.236 e. The van der Waals surface area contributed by atoms with Crippen LogP contribution in [0.15, 0.2) is 4.42 Å². The Labute approximate surface area is 76.2 Å². The molecule has 1 fully saturated rings. The van der Waals surface area contributed by atoms with Gasteiger partial charge in [0.1, 0.15) is 6.04 Å². The molecule has 1 saturated heterocycles. The Morgan fingerprint density at radius 1 is 1.54 bits per heavy atom. The van der Waals surface area contributed by atoms with Crippen LogP contribution in [-0.2, 0) is 0 Å². The van der Waals surface area contributed by atoms with E-state index in [1.165, 1.54) is 0 Å². The molecule has 0 bridgehead atoms. The number of aliphatic hydroxyl groups is 1. The number of hydrogen-bond donors (Lipinski definition) is 2. The summed E-state index contributed by atoms with van der Waals surface area (Å²) in [6.45, 7) is 2.63. The summed E-state index contributed by atoms with van der Waals surface area (Å²) in [6, 6.07) is -0.185. The molecular weight excluding hydrogens is 170 g/mol. The molecule has 0 aromatic carbocycles. The maximum absolute atomic E-state index is 9.64. The Kier molecular flexibility index (Phi) is 2.28. The minimum absolute atomic E-state index is 0.185. The third kappa shape index (κ3) is 1.71. The fraction of sp³-hybridized carbons (Fsp3) is 0.750. The summed E-state index contributed by atoms with van der Waals surface area (Å²) in [6.07, 6.45) is 1.37. The molecule has 1 aliphatic rings. The van der Waals surface area contributed by atoms with Crippen molar-refractivity contribution in [3.05, 3.63) is 11.8 Å². The lowest BCUT2D eigenvalue weighted by Gasteiger charge is -2.25. The number of nitrogens with one attached hydrogen (secondary N) is 1. The average molecular weight is 183 g/mol. The van der Waals surface area contributed by atoms with Gasteiger partial charge in [-0.2, -0.15) is 0 Å². The zero-order chi connectivity index (χ0) is 9.26. The predicted molar refractivity (Wildman–Crippen MR) is 45.0 cm³/mol. The molecule has 1 aromatic rings. The van der Waals surface area contributed by atoms with E-state index >= 15 is 0 Å². The Morgan fingerprint density at radius 2 is 2.38 bits per heavy atom. The Morgan fingerprint density at radius 3 is 3.00 bits per heavy atom. The minimum atomic E-state index is -0.409. The van der Waals surface area contributed by atoms with Crippen molar-refractivity contribution in [2.75, 3.05) is 6.54 Å². The highest BCUT2D eigenvalue weighted by Gasteiger charge is 2.28. The van der Waals surface area contributed by atoms with Crippen LogP contribution in [0.1, 0.15) is 30.7 Å². The molecule has 72 valence electrons. The van der Waals surface area contributed by atoms with Gasteiger partial charge < -0.3 is 14.8 Å². The Hall–Kier alpha value is -0.940. The van der Waals surface area contributed by atoms with E-state index in [-0.39, 0.29) is 6.04 Å². The molecule has 0 spiro atoms. The second-order valence-electron chi connectivity index (χ2n) is 3.30. The van der Waals surface area contributed by atoms with Gasteiger partial charge in [0.25, 0.3) is 0 Å². The van der Waals surface area contributed by atoms with Crippen LogP contribution < -0.4 is 5.32 Å². The van der Waals surface area contributed by atoms with Crippen LogP contribution in [0.25, 0.3) is 0 Å². The van der Waals surface area contributed by atoms with E-state index in [9.17, 15) is 5.11 Å². The molecule has 0 aliphatic carbocycles. The second kappa shape index (κ2) is 3.43. The lowest BCUT2D eigenvalue weighted by atomic mass is 10.0. The van der Waals surface area contributed by atoms with Gasteiger partial charge in [-0.3, -0.25) is 0 Å². The molecule has 2 heterocycles. The molecule has 2 unspecified atom stereocenters. The van der Waals surface area contributed by atoms with Gasteiger partial charge in [0, 0.05) is 6.92 Å². The van der Waals surface area contributed by atoms with Crippen LogP contribution in [0.4, 0.5) is 0 Å². The van der Waals surface area contributed by atoms with E-state index in [1.54, 1.807) is 6.92 Å². The Bertz CT molecular complexity index is 287. The van der Waals surface area contributed by atoms with Crippen molar-refractivity contribution < 1.29 is 9.52 Å². The van der Waals surface area contributed by atoms with Crippen molar-refractivity contribution in [3.63, 3.8) is 0 Å². The molecule has 0 amide bonds. The van der Waals surface area contributed by atoms with Crippen LogP contribution in [-0.4, -0.2) is 28.0 Å². The van der Waals surface area contributed by atoms with Crippen molar-refractivity contribution >= 4 is 0 Å². The highest BCUT2D eigenvalue weighted by molar-refractivity contribution is 4.95. The van der Waals surface area contributed by atoms with Crippen LogP contribution >= 0.6 is 0 Å². The van der Waals surface area contributed by atoms with Crippen LogP contribution in [0.2, 0.25) is 0 Å². The van der Waals surface area contributed by atoms with Crippen molar-refractivity contribution in [1.29, 1.82) is 0 Å². The van der Waals surface area contributed by atoms with Crippen LogP contribution in [0, 0.1) is 6.92 Å². The Balaban J connectivity index is 2.14. The molecule has 5 nitrogen and oxygen atoms in total. The third-order valence-electron chi connectivity index (χ3n) is 2.23. The maximum Gasteiger partial charge on any atom is 0.236 e. The molecule has 13 heavy (non-hydrogen) atoms. The normalized spacial score (nSPS) is 29.1. The number of nitrogens with zero attached hydrogens (tertiary/aromatic N) is 2. The maximum atomic E-state index is 9.64. The summed E-state index contributed by atoms with van der Waals surface area (Å²) in [4.78, 5) is 0. The molecule has 2 rings (SSSR count). The highest BCUT2D eigenvalue weighted by atomic mass is 16.4. The molecule has 1 aromatic heterocycles. The first kappa shape index (κ1) is 8.65. The number of piperidine rings is 1. The second-order valence-corrected chi connectivity index (χ2v) is 3.30. The predicted octanol–water partition coefficient (Wildman–Crippen LogP) is 0.163.